The average molecular weight is 585 g/mol. The van der Waals surface area contributed by atoms with E-state index in [-0.39, 0.29) is 17.6 Å². The number of nitrogens with one attached hydrogen (secondary N) is 1. The molecule has 1 saturated heterocycles. The standard InChI is InChI=1S/C34H44N6O3/c1-20-11-14-34(30-22(20)7-8-25(36)23(30)17-35)16-27-24(18-43-34)31(37-26-9-10-28(26)41)39-32(38-27)42-19-33-12-2-4-29(33)40(15-3-13-33)21-5-6-21/h7-8,20-21,26,28-29,41H,2-6,9-16,18-19,36H2,1H3,(H,37,38,39)/t20-,26+,28-,29?,33+,34-/m0/s1. The molecule has 0 amide bonds. The molecule has 1 aromatic heterocycles. The Kier molecular flexibility index (Phi) is 6.63. The van der Waals surface area contributed by atoms with Crippen LogP contribution in [-0.2, 0) is 23.4 Å². The summed E-state index contributed by atoms with van der Waals surface area (Å²) in [6.07, 6.45) is 12.5. The average Bonchev–Trinajstić information content (AvgIpc) is 3.77. The Morgan fingerprint density at radius 2 is 2.00 bits per heavy atom. The van der Waals surface area contributed by atoms with Crippen molar-refractivity contribution in [2.24, 2.45) is 5.41 Å². The Bertz CT molecular complexity index is 1470. The molecule has 43 heavy (non-hydrogen) atoms. The maximum absolute atomic E-state index is 10.4. The number of hydrogen-bond acceptors (Lipinski definition) is 9. The molecule has 9 nitrogen and oxygen atoms in total. The van der Waals surface area contributed by atoms with Gasteiger partial charge in [-0.2, -0.15) is 15.2 Å². The first-order chi connectivity index (χ1) is 20.9. The third kappa shape index (κ3) is 4.51. The second-order valence-electron chi connectivity index (χ2n) is 14.3. The largest absolute Gasteiger partial charge is 0.463 e. The van der Waals surface area contributed by atoms with E-state index in [1.165, 1.54) is 51.5 Å². The van der Waals surface area contributed by atoms with Gasteiger partial charge in [-0.1, -0.05) is 19.4 Å². The number of rotatable bonds is 6. The summed E-state index contributed by atoms with van der Waals surface area (Å²) in [6.45, 7) is 4.41. The fourth-order valence-corrected chi connectivity index (χ4v) is 9.05. The molecule has 9 heteroatoms. The van der Waals surface area contributed by atoms with Crippen LogP contribution in [0.15, 0.2) is 12.1 Å². The first kappa shape index (κ1) is 27.6. The van der Waals surface area contributed by atoms with Crippen LogP contribution in [0.3, 0.4) is 0 Å². The van der Waals surface area contributed by atoms with Crippen molar-refractivity contribution >= 4 is 11.5 Å². The molecule has 1 spiro atoms. The number of aliphatic hydroxyl groups is 1. The van der Waals surface area contributed by atoms with E-state index in [9.17, 15) is 10.4 Å². The third-order valence-electron chi connectivity index (χ3n) is 11.8. The number of fused-ring (bicyclic) bond motifs is 4. The van der Waals surface area contributed by atoms with Gasteiger partial charge in [0.25, 0.3) is 0 Å². The highest BCUT2D eigenvalue weighted by atomic mass is 16.5. The van der Waals surface area contributed by atoms with Crippen molar-refractivity contribution in [3.63, 3.8) is 0 Å². The summed E-state index contributed by atoms with van der Waals surface area (Å²) in [5.41, 5.74) is 10.8. The lowest BCUT2D eigenvalue weighted by Gasteiger charge is -2.46. The van der Waals surface area contributed by atoms with Gasteiger partial charge in [-0.3, -0.25) is 4.90 Å². The molecule has 6 aliphatic rings. The summed E-state index contributed by atoms with van der Waals surface area (Å²) in [6, 6.07) is 8.07. The summed E-state index contributed by atoms with van der Waals surface area (Å²) in [4.78, 5) is 12.8. The minimum Gasteiger partial charge on any atom is -0.463 e. The van der Waals surface area contributed by atoms with Gasteiger partial charge in [-0.25, -0.2) is 0 Å². The molecule has 4 fully saturated rings. The van der Waals surface area contributed by atoms with Crippen LogP contribution in [0.1, 0.15) is 111 Å². The van der Waals surface area contributed by atoms with E-state index in [0.717, 1.165) is 54.1 Å². The van der Waals surface area contributed by atoms with Crippen molar-refractivity contribution in [2.45, 2.75) is 126 Å². The van der Waals surface area contributed by atoms with E-state index >= 15 is 0 Å². The summed E-state index contributed by atoms with van der Waals surface area (Å²) in [5, 5.41) is 24.1. The van der Waals surface area contributed by atoms with Crippen LogP contribution < -0.4 is 15.8 Å². The first-order valence-electron chi connectivity index (χ1n) is 16.6. The molecular formula is C34H44N6O3. The molecule has 6 atom stereocenters. The SMILES string of the molecule is C[C@H]1CC[C@]2(Cc3nc(OC[C@]45CCCC4N(C4CC4)CCC5)nc(N[C@@H]4CC[C@@H]4O)c3CO2)c2c1ccc(N)c2C#N. The monoisotopic (exact) mass is 584 g/mol. The van der Waals surface area contributed by atoms with E-state index < -0.39 is 5.60 Å². The smallest absolute Gasteiger partial charge is 0.318 e. The number of anilines is 2. The highest BCUT2D eigenvalue weighted by molar-refractivity contribution is 5.64. The van der Waals surface area contributed by atoms with Gasteiger partial charge in [0.05, 0.1) is 36.6 Å². The number of nitriles is 1. The maximum Gasteiger partial charge on any atom is 0.318 e. The lowest BCUT2D eigenvalue weighted by Crippen LogP contribution is -2.52. The van der Waals surface area contributed by atoms with Gasteiger partial charge in [0, 0.05) is 40.7 Å². The topological polar surface area (TPSA) is 130 Å². The summed E-state index contributed by atoms with van der Waals surface area (Å²) in [5.74, 6) is 1.03. The fraction of sp³-hybridized carbons (Fsp3) is 0.676. The molecule has 8 rings (SSSR count). The number of likely N-dealkylation sites (tertiary alicyclic amines) is 1. The second kappa shape index (κ2) is 10.3. The number of benzene rings is 1. The zero-order chi connectivity index (χ0) is 29.3. The van der Waals surface area contributed by atoms with Crippen LogP contribution >= 0.6 is 0 Å². The fourth-order valence-electron chi connectivity index (χ4n) is 9.05. The van der Waals surface area contributed by atoms with E-state index in [2.05, 4.69) is 29.3 Å². The molecule has 0 bridgehead atoms. The third-order valence-corrected chi connectivity index (χ3v) is 11.8. The highest BCUT2D eigenvalue weighted by Gasteiger charge is 2.52. The Hall–Kier alpha value is -2.93. The van der Waals surface area contributed by atoms with Crippen LogP contribution in [0.25, 0.3) is 0 Å². The van der Waals surface area contributed by atoms with Crippen LogP contribution in [0.5, 0.6) is 6.01 Å². The number of nitrogen functional groups attached to an aromatic ring is 1. The summed E-state index contributed by atoms with van der Waals surface area (Å²) in [7, 11) is 0. The normalized spacial score (nSPS) is 34.9. The number of nitrogens with two attached hydrogens (primary N) is 1. The van der Waals surface area contributed by atoms with Crippen LogP contribution in [0.4, 0.5) is 11.5 Å². The number of piperidine rings is 1. The lowest BCUT2D eigenvalue weighted by molar-refractivity contribution is -0.0873. The van der Waals surface area contributed by atoms with Crippen molar-refractivity contribution in [3.05, 3.63) is 40.1 Å². The van der Waals surface area contributed by atoms with E-state index in [1.807, 2.05) is 6.07 Å². The van der Waals surface area contributed by atoms with Crippen LogP contribution in [-0.4, -0.2) is 57.4 Å². The van der Waals surface area contributed by atoms with Gasteiger partial charge in [0.1, 0.15) is 17.5 Å². The second-order valence-corrected chi connectivity index (χ2v) is 14.3. The molecule has 0 radical (unpaired) electrons. The van der Waals surface area contributed by atoms with Crippen molar-refractivity contribution in [3.8, 4) is 12.1 Å². The molecule has 3 heterocycles. The Morgan fingerprint density at radius 1 is 1.14 bits per heavy atom. The van der Waals surface area contributed by atoms with Gasteiger partial charge in [0.15, 0.2) is 0 Å². The zero-order valence-corrected chi connectivity index (χ0v) is 25.3. The molecule has 4 aliphatic carbocycles. The molecule has 4 N–H and O–H groups in total. The predicted molar refractivity (Wildman–Crippen MR) is 163 cm³/mol. The summed E-state index contributed by atoms with van der Waals surface area (Å²) < 4.78 is 13.4. The minimum atomic E-state index is -0.669. The quantitative estimate of drug-likeness (QED) is 0.406. The summed E-state index contributed by atoms with van der Waals surface area (Å²) >= 11 is 0. The minimum absolute atomic E-state index is 0.0350. The highest BCUT2D eigenvalue weighted by Crippen LogP contribution is 2.52. The predicted octanol–water partition coefficient (Wildman–Crippen LogP) is 4.91. The molecule has 2 aromatic rings. The van der Waals surface area contributed by atoms with Crippen LogP contribution in [0, 0.1) is 16.7 Å². The van der Waals surface area contributed by atoms with E-state index in [0.29, 0.717) is 54.7 Å². The van der Waals surface area contributed by atoms with E-state index in [1.54, 1.807) is 0 Å². The molecule has 228 valence electrons. The Labute approximate surface area is 254 Å². The van der Waals surface area contributed by atoms with Gasteiger partial charge >= 0.3 is 6.01 Å². The Morgan fingerprint density at radius 3 is 2.77 bits per heavy atom. The van der Waals surface area contributed by atoms with Gasteiger partial charge < -0.3 is 25.6 Å². The van der Waals surface area contributed by atoms with Gasteiger partial charge in [0.2, 0.25) is 0 Å². The molecule has 2 aliphatic heterocycles. The number of hydrogen-bond donors (Lipinski definition) is 3. The number of ether oxygens (including phenoxy) is 2. The van der Waals surface area contributed by atoms with Crippen molar-refractivity contribution in [1.82, 2.24) is 14.9 Å². The molecular weight excluding hydrogens is 540 g/mol. The maximum atomic E-state index is 10.4. The zero-order valence-electron chi connectivity index (χ0n) is 25.3. The van der Waals surface area contributed by atoms with Crippen molar-refractivity contribution in [2.75, 3.05) is 24.2 Å². The van der Waals surface area contributed by atoms with E-state index in [4.69, 9.17) is 25.2 Å². The number of aromatic nitrogens is 2. The van der Waals surface area contributed by atoms with Crippen molar-refractivity contribution in [1.29, 1.82) is 5.26 Å². The van der Waals surface area contributed by atoms with Crippen molar-refractivity contribution < 1.29 is 14.6 Å². The van der Waals surface area contributed by atoms with Gasteiger partial charge in [-0.05, 0) is 88.3 Å². The molecule has 3 saturated carbocycles. The molecule has 1 unspecified atom stereocenters. The van der Waals surface area contributed by atoms with Gasteiger partial charge in [-0.15, -0.1) is 0 Å². The molecule has 1 aromatic carbocycles. The lowest BCUT2D eigenvalue weighted by atomic mass is 9.69. The number of aliphatic hydroxyl groups excluding tert-OH is 1. The van der Waals surface area contributed by atoms with Crippen LogP contribution in [0.2, 0.25) is 0 Å². The first-order valence-corrected chi connectivity index (χ1v) is 16.6. The Balaban J connectivity index is 1.14. The number of nitrogens with zero attached hydrogens (tertiary/aromatic N) is 4.